The number of rotatable bonds is 10. The number of hydrogen-bond donors (Lipinski definition) is 0. The molecular weight excluding hydrogens is 294 g/mol. The highest BCUT2D eigenvalue weighted by Crippen LogP contribution is 2.15. The summed E-state index contributed by atoms with van der Waals surface area (Å²) in [5.74, 6) is 0.248. The first-order valence-electron chi connectivity index (χ1n) is 9.04. The van der Waals surface area contributed by atoms with Gasteiger partial charge >= 0.3 is 0 Å². The average Bonchev–Trinajstić information content (AvgIpc) is 2.63. The van der Waals surface area contributed by atoms with Crippen molar-refractivity contribution < 1.29 is 4.79 Å². The Kier molecular flexibility index (Phi) is 7.70. The van der Waals surface area contributed by atoms with E-state index in [1.54, 1.807) is 0 Å². The topological polar surface area (TPSA) is 20.3 Å². The maximum atomic E-state index is 12.2. The largest absolute Gasteiger partial charge is 0.307 e. The fourth-order valence-electron chi connectivity index (χ4n) is 2.95. The van der Waals surface area contributed by atoms with Crippen molar-refractivity contribution in [3.63, 3.8) is 0 Å². The number of carbonyl (C=O) groups excluding carboxylic acids is 1. The van der Waals surface area contributed by atoms with Crippen LogP contribution in [0, 0.1) is 0 Å². The van der Waals surface area contributed by atoms with Gasteiger partial charge in [-0.1, -0.05) is 61.5 Å². The Hall–Kier alpha value is -1.93. The number of aryl methyl sites for hydroxylation is 2. The molecule has 0 radical (unpaired) electrons. The van der Waals surface area contributed by atoms with Gasteiger partial charge in [0.15, 0.2) is 5.78 Å². The van der Waals surface area contributed by atoms with Gasteiger partial charge < -0.3 is 4.90 Å². The van der Waals surface area contributed by atoms with Crippen molar-refractivity contribution in [2.24, 2.45) is 0 Å². The lowest BCUT2D eigenvalue weighted by Crippen LogP contribution is -2.19. The van der Waals surface area contributed by atoms with Crippen LogP contribution in [0.3, 0.4) is 0 Å². The molecule has 0 atom stereocenters. The van der Waals surface area contributed by atoms with Gasteiger partial charge in [0.25, 0.3) is 0 Å². The van der Waals surface area contributed by atoms with Crippen LogP contribution in [0.5, 0.6) is 0 Å². The van der Waals surface area contributed by atoms with Crippen LogP contribution >= 0.6 is 0 Å². The van der Waals surface area contributed by atoms with Crippen LogP contribution in [0.4, 0.5) is 0 Å². The van der Waals surface area contributed by atoms with E-state index in [4.69, 9.17) is 0 Å². The standard InChI is InChI=1S/C22H29NO/c1-3-23(2)18-10-16-20-12-8-7-11-19(20)15-9-17-22(24)21-13-5-4-6-14-21/h4-8,11-14H,3,9-10,15-18H2,1-2H3. The molecule has 2 nitrogen and oxygen atoms in total. The number of Topliss-reactive ketones (excluding diaryl/α,β-unsaturated/α-hetero) is 1. The first-order valence-corrected chi connectivity index (χ1v) is 9.04. The molecular formula is C22H29NO. The van der Waals surface area contributed by atoms with E-state index in [1.165, 1.54) is 17.5 Å². The van der Waals surface area contributed by atoms with E-state index in [-0.39, 0.29) is 5.78 Å². The molecule has 0 aliphatic rings. The van der Waals surface area contributed by atoms with Gasteiger partial charge in [-0.3, -0.25) is 4.79 Å². The van der Waals surface area contributed by atoms with Gasteiger partial charge in [0.2, 0.25) is 0 Å². The smallest absolute Gasteiger partial charge is 0.162 e. The normalized spacial score (nSPS) is 11.0. The number of carbonyl (C=O) groups is 1. The van der Waals surface area contributed by atoms with Gasteiger partial charge in [-0.2, -0.15) is 0 Å². The summed E-state index contributed by atoms with van der Waals surface area (Å²) in [6, 6.07) is 18.3. The Morgan fingerprint density at radius 1 is 0.875 bits per heavy atom. The van der Waals surface area contributed by atoms with E-state index < -0.39 is 0 Å². The highest BCUT2D eigenvalue weighted by atomic mass is 16.1. The highest BCUT2D eigenvalue weighted by molar-refractivity contribution is 5.95. The van der Waals surface area contributed by atoms with E-state index in [1.807, 2.05) is 30.3 Å². The van der Waals surface area contributed by atoms with Crippen molar-refractivity contribution in [3.8, 4) is 0 Å². The van der Waals surface area contributed by atoms with Crippen molar-refractivity contribution in [2.45, 2.75) is 39.0 Å². The molecule has 0 bridgehead atoms. The summed E-state index contributed by atoms with van der Waals surface area (Å²) in [4.78, 5) is 14.5. The molecule has 0 saturated carbocycles. The number of ketones is 1. The van der Waals surface area contributed by atoms with Crippen molar-refractivity contribution in [1.29, 1.82) is 0 Å². The van der Waals surface area contributed by atoms with Crippen molar-refractivity contribution in [3.05, 3.63) is 71.3 Å². The Morgan fingerprint density at radius 3 is 2.08 bits per heavy atom. The molecule has 24 heavy (non-hydrogen) atoms. The summed E-state index contributed by atoms with van der Waals surface area (Å²) in [5, 5.41) is 0. The van der Waals surface area contributed by atoms with E-state index in [0.717, 1.165) is 37.9 Å². The molecule has 128 valence electrons. The second-order valence-corrected chi connectivity index (χ2v) is 6.41. The summed E-state index contributed by atoms with van der Waals surface area (Å²) in [5.41, 5.74) is 3.67. The molecule has 2 aromatic carbocycles. The van der Waals surface area contributed by atoms with Gasteiger partial charge in [-0.25, -0.2) is 0 Å². The zero-order chi connectivity index (χ0) is 17.2. The fraction of sp³-hybridized carbons (Fsp3) is 0.409. The minimum Gasteiger partial charge on any atom is -0.307 e. The van der Waals surface area contributed by atoms with Crippen molar-refractivity contribution in [1.82, 2.24) is 4.90 Å². The summed E-state index contributed by atoms with van der Waals surface area (Å²) in [6.45, 7) is 4.43. The lowest BCUT2D eigenvalue weighted by molar-refractivity contribution is 0.0980. The fourth-order valence-corrected chi connectivity index (χ4v) is 2.95. The SMILES string of the molecule is CCN(C)CCCc1ccccc1CCCC(=O)c1ccccc1. The van der Waals surface area contributed by atoms with Crippen LogP contribution in [0.25, 0.3) is 0 Å². The molecule has 0 N–H and O–H groups in total. The summed E-state index contributed by atoms with van der Waals surface area (Å²) in [6.07, 6.45) is 4.83. The molecule has 2 heteroatoms. The Balaban J connectivity index is 1.83. The molecule has 0 heterocycles. The lowest BCUT2D eigenvalue weighted by Gasteiger charge is -2.14. The summed E-state index contributed by atoms with van der Waals surface area (Å²) in [7, 11) is 2.17. The first kappa shape index (κ1) is 18.4. The van der Waals surface area contributed by atoms with E-state index in [0.29, 0.717) is 6.42 Å². The van der Waals surface area contributed by atoms with E-state index in [9.17, 15) is 4.79 Å². The zero-order valence-electron chi connectivity index (χ0n) is 15.0. The number of nitrogens with zero attached hydrogens (tertiary/aromatic N) is 1. The molecule has 0 spiro atoms. The lowest BCUT2D eigenvalue weighted by atomic mass is 9.97. The summed E-state index contributed by atoms with van der Waals surface area (Å²) < 4.78 is 0. The zero-order valence-corrected chi connectivity index (χ0v) is 15.0. The molecule has 0 amide bonds. The third-order valence-electron chi connectivity index (χ3n) is 4.59. The van der Waals surface area contributed by atoms with Gasteiger partial charge in [0.05, 0.1) is 0 Å². The molecule has 0 aliphatic carbocycles. The van der Waals surface area contributed by atoms with Crippen molar-refractivity contribution in [2.75, 3.05) is 20.1 Å². The van der Waals surface area contributed by atoms with Crippen LogP contribution in [-0.4, -0.2) is 30.8 Å². The molecule has 0 aromatic heterocycles. The van der Waals surface area contributed by atoms with Crippen LogP contribution < -0.4 is 0 Å². The van der Waals surface area contributed by atoms with Crippen LogP contribution in [0.1, 0.15) is 47.7 Å². The molecule has 2 rings (SSSR count). The van der Waals surface area contributed by atoms with Gasteiger partial charge in [-0.05, 0) is 56.9 Å². The second kappa shape index (κ2) is 10.0. The molecule has 2 aromatic rings. The monoisotopic (exact) mass is 323 g/mol. The Bertz CT molecular complexity index is 621. The quantitative estimate of drug-likeness (QED) is 0.587. The predicted molar refractivity (Wildman–Crippen MR) is 102 cm³/mol. The second-order valence-electron chi connectivity index (χ2n) is 6.41. The number of hydrogen-bond acceptors (Lipinski definition) is 2. The third-order valence-corrected chi connectivity index (χ3v) is 4.59. The minimum absolute atomic E-state index is 0.248. The molecule has 0 fully saturated rings. The highest BCUT2D eigenvalue weighted by Gasteiger charge is 2.07. The Morgan fingerprint density at radius 2 is 1.46 bits per heavy atom. The predicted octanol–water partition coefficient (Wildman–Crippen LogP) is 4.78. The van der Waals surface area contributed by atoms with Gasteiger partial charge in [0, 0.05) is 12.0 Å². The van der Waals surface area contributed by atoms with E-state index >= 15 is 0 Å². The maximum Gasteiger partial charge on any atom is 0.162 e. The van der Waals surface area contributed by atoms with Gasteiger partial charge in [0.1, 0.15) is 0 Å². The van der Waals surface area contributed by atoms with Crippen LogP contribution in [-0.2, 0) is 12.8 Å². The molecule has 0 unspecified atom stereocenters. The molecule has 0 aliphatic heterocycles. The number of benzene rings is 2. The van der Waals surface area contributed by atoms with Crippen molar-refractivity contribution >= 4 is 5.78 Å². The third kappa shape index (κ3) is 5.93. The maximum absolute atomic E-state index is 12.2. The average molecular weight is 323 g/mol. The summed E-state index contributed by atoms with van der Waals surface area (Å²) >= 11 is 0. The first-order chi connectivity index (χ1) is 11.7. The van der Waals surface area contributed by atoms with E-state index in [2.05, 4.69) is 43.1 Å². The Labute approximate surface area is 146 Å². The minimum atomic E-state index is 0.248. The van der Waals surface area contributed by atoms with Gasteiger partial charge in [-0.15, -0.1) is 0 Å². The van der Waals surface area contributed by atoms with Crippen LogP contribution in [0.15, 0.2) is 54.6 Å². The molecule has 0 saturated heterocycles. The van der Waals surface area contributed by atoms with Crippen LogP contribution in [0.2, 0.25) is 0 Å².